The highest BCUT2D eigenvalue weighted by atomic mass is 35.5. The molecule has 1 amide bonds. The molecule has 3 aromatic rings. The highest BCUT2D eigenvalue weighted by Crippen LogP contribution is 2.26. The summed E-state index contributed by atoms with van der Waals surface area (Å²) in [6.45, 7) is 5.26. The van der Waals surface area contributed by atoms with E-state index in [-0.39, 0.29) is 5.91 Å². The third kappa shape index (κ3) is 3.42. The van der Waals surface area contributed by atoms with Gasteiger partial charge in [-0.25, -0.2) is 0 Å². The zero-order chi connectivity index (χ0) is 19.0. The van der Waals surface area contributed by atoms with Crippen molar-refractivity contribution >= 4 is 34.1 Å². The van der Waals surface area contributed by atoms with Gasteiger partial charge in [0.15, 0.2) is 0 Å². The molecule has 2 heterocycles. The number of halogens is 1. The fourth-order valence-corrected chi connectivity index (χ4v) is 4.16. The SMILES string of the molecule is Cc1c(CC(=O)N2CCN(c3cccc(Cl)c3)CC2)c2ccccc2n1C. The summed E-state index contributed by atoms with van der Waals surface area (Å²) < 4.78 is 2.18. The van der Waals surface area contributed by atoms with E-state index in [4.69, 9.17) is 11.6 Å². The molecule has 1 aliphatic rings. The van der Waals surface area contributed by atoms with Crippen LogP contribution in [0.15, 0.2) is 48.5 Å². The number of carbonyl (C=O) groups is 1. The quantitative estimate of drug-likeness (QED) is 0.685. The van der Waals surface area contributed by atoms with Crippen molar-refractivity contribution in [2.24, 2.45) is 7.05 Å². The third-order valence-electron chi connectivity index (χ3n) is 5.66. The van der Waals surface area contributed by atoms with E-state index < -0.39 is 0 Å². The van der Waals surface area contributed by atoms with Gasteiger partial charge in [0.25, 0.3) is 0 Å². The van der Waals surface area contributed by atoms with Crippen LogP contribution in [0.5, 0.6) is 0 Å². The third-order valence-corrected chi connectivity index (χ3v) is 5.90. The van der Waals surface area contributed by atoms with E-state index in [2.05, 4.69) is 41.6 Å². The van der Waals surface area contributed by atoms with Gasteiger partial charge in [-0.05, 0) is 36.8 Å². The summed E-state index contributed by atoms with van der Waals surface area (Å²) in [4.78, 5) is 17.2. The summed E-state index contributed by atoms with van der Waals surface area (Å²) in [5, 5.41) is 1.93. The molecule has 1 fully saturated rings. The molecule has 4 rings (SSSR count). The molecule has 1 saturated heterocycles. The van der Waals surface area contributed by atoms with Gasteiger partial charge in [0.05, 0.1) is 6.42 Å². The monoisotopic (exact) mass is 381 g/mol. The number of para-hydroxylation sites is 1. The van der Waals surface area contributed by atoms with Crippen molar-refractivity contribution < 1.29 is 4.79 Å². The summed E-state index contributed by atoms with van der Waals surface area (Å²) in [5.41, 5.74) is 4.63. The molecule has 0 spiro atoms. The first-order valence-corrected chi connectivity index (χ1v) is 9.73. The van der Waals surface area contributed by atoms with Crippen LogP contribution < -0.4 is 4.90 Å². The summed E-state index contributed by atoms with van der Waals surface area (Å²) in [6, 6.07) is 16.2. The Morgan fingerprint density at radius 2 is 1.78 bits per heavy atom. The van der Waals surface area contributed by atoms with Gasteiger partial charge >= 0.3 is 0 Å². The van der Waals surface area contributed by atoms with E-state index in [1.54, 1.807) is 0 Å². The van der Waals surface area contributed by atoms with Crippen LogP contribution in [0, 0.1) is 6.92 Å². The van der Waals surface area contributed by atoms with Crippen LogP contribution in [0.3, 0.4) is 0 Å². The minimum absolute atomic E-state index is 0.209. The second-order valence-electron chi connectivity index (χ2n) is 7.16. The average molecular weight is 382 g/mol. The Morgan fingerprint density at radius 3 is 2.52 bits per heavy atom. The molecule has 0 saturated carbocycles. The van der Waals surface area contributed by atoms with Gasteiger partial charge in [0.2, 0.25) is 5.91 Å². The van der Waals surface area contributed by atoms with Gasteiger partial charge in [-0.2, -0.15) is 0 Å². The van der Waals surface area contributed by atoms with Crippen molar-refractivity contribution in [3.05, 3.63) is 64.8 Å². The summed E-state index contributed by atoms with van der Waals surface area (Å²) in [7, 11) is 2.06. The highest BCUT2D eigenvalue weighted by Gasteiger charge is 2.23. The minimum atomic E-state index is 0.209. The molecule has 1 aromatic heterocycles. The van der Waals surface area contributed by atoms with Crippen molar-refractivity contribution in [1.82, 2.24) is 9.47 Å². The first kappa shape index (κ1) is 17.9. The number of hydrogen-bond donors (Lipinski definition) is 0. The smallest absolute Gasteiger partial charge is 0.227 e. The fourth-order valence-electron chi connectivity index (χ4n) is 3.97. The van der Waals surface area contributed by atoms with Gasteiger partial charge < -0.3 is 14.4 Å². The standard InChI is InChI=1S/C22H24ClN3O/c1-16-20(19-8-3-4-9-21(19)24(16)2)15-22(27)26-12-10-25(11-13-26)18-7-5-6-17(23)14-18/h3-9,14H,10-13,15H2,1-2H3. The van der Waals surface area contributed by atoms with Crippen LogP contribution in [0.4, 0.5) is 5.69 Å². The number of benzene rings is 2. The first-order chi connectivity index (χ1) is 13.0. The Labute approximate surface area is 164 Å². The topological polar surface area (TPSA) is 28.5 Å². The lowest BCUT2D eigenvalue weighted by Gasteiger charge is -2.36. The van der Waals surface area contributed by atoms with Gasteiger partial charge in [0, 0.05) is 60.5 Å². The average Bonchev–Trinajstić information content (AvgIpc) is 2.93. The number of carbonyl (C=O) groups excluding carboxylic acids is 1. The van der Waals surface area contributed by atoms with Crippen LogP contribution in [0.2, 0.25) is 5.02 Å². The predicted octanol–water partition coefficient (Wildman–Crippen LogP) is 4.03. The number of nitrogens with zero attached hydrogens (tertiary/aromatic N) is 3. The second kappa shape index (κ2) is 7.28. The molecule has 2 aromatic carbocycles. The second-order valence-corrected chi connectivity index (χ2v) is 7.60. The molecular weight excluding hydrogens is 358 g/mol. The normalized spacial score (nSPS) is 14.8. The van der Waals surface area contributed by atoms with Gasteiger partial charge in [-0.3, -0.25) is 4.79 Å². The van der Waals surface area contributed by atoms with Crippen LogP contribution in [-0.4, -0.2) is 41.6 Å². The molecule has 5 heteroatoms. The minimum Gasteiger partial charge on any atom is -0.368 e. The predicted molar refractivity (Wildman–Crippen MR) is 112 cm³/mol. The number of aryl methyl sites for hydroxylation is 1. The summed E-state index contributed by atoms with van der Waals surface area (Å²) in [5.74, 6) is 0.209. The Balaban J connectivity index is 1.46. The van der Waals surface area contributed by atoms with E-state index in [1.165, 1.54) is 16.6 Å². The lowest BCUT2D eigenvalue weighted by molar-refractivity contribution is -0.130. The molecule has 0 N–H and O–H groups in total. The van der Waals surface area contributed by atoms with Crippen LogP contribution >= 0.6 is 11.6 Å². The zero-order valence-electron chi connectivity index (χ0n) is 15.8. The molecule has 0 atom stereocenters. The van der Waals surface area contributed by atoms with Gasteiger partial charge in [-0.1, -0.05) is 35.9 Å². The zero-order valence-corrected chi connectivity index (χ0v) is 16.5. The maximum Gasteiger partial charge on any atom is 0.227 e. The number of fused-ring (bicyclic) bond motifs is 1. The molecule has 27 heavy (non-hydrogen) atoms. The Hall–Kier alpha value is -2.46. The lowest BCUT2D eigenvalue weighted by Crippen LogP contribution is -2.49. The molecule has 4 nitrogen and oxygen atoms in total. The Morgan fingerprint density at radius 1 is 1.04 bits per heavy atom. The van der Waals surface area contributed by atoms with Crippen LogP contribution in [0.1, 0.15) is 11.3 Å². The lowest BCUT2D eigenvalue weighted by atomic mass is 10.1. The van der Waals surface area contributed by atoms with E-state index in [1.807, 2.05) is 35.2 Å². The molecule has 0 radical (unpaired) electrons. The summed E-state index contributed by atoms with van der Waals surface area (Å²) in [6.07, 6.45) is 0.463. The maximum absolute atomic E-state index is 12.9. The number of aromatic nitrogens is 1. The molecule has 0 bridgehead atoms. The van der Waals surface area contributed by atoms with Gasteiger partial charge in [-0.15, -0.1) is 0 Å². The van der Waals surface area contributed by atoms with Crippen LogP contribution in [0.25, 0.3) is 10.9 Å². The van der Waals surface area contributed by atoms with E-state index in [9.17, 15) is 4.79 Å². The van der Waals surface area contributed by atoms with Crippen molar-refractivity contribution in [1.29, 1.82) is 0 Å². The Bertz CT molecular complexity index is 986. The van der Waals surface area contributed by atoms with Crippen molar-refractivity contribution in [2.45, 2.75) is 13.3 Å². The van der Waals surface area contributed by atoms with E-state index >= 15 is 0 Å². The number of rotatable bonds is 3. The molecule has 140 valence electrons. The van der Waals surface area contributed by atoms with Crippen molar-refractivity contribution in [2.75, 3.05) is 31.1 Å². The first-order valence-electron chi connectivity index (χ1n) is 9.36. The van der Waals surface area contributed by atoms with Crippen LogP contribution in [-0.2, 0) is 18.3 Å². The number of anilines is 1. The number of amides is 1. The molecule has 0 unspecified atom stereocenters. The molecule has 1 aliphatic heterocycles. The maximum atomic E-state index is 12.9. The Kier molecular flexibility index (Phi) is 4.83. The molecular formula is C22H24ClN3O. The van der Waals surface area contributed by atoms with Gasteiger partial charge in [0.1, 0.15) is 0 Å². The van der Waals surface area contributed by atoms with E-state index in [0.717, 1.165) is 42.5 Å². The van der Waals surface area contributed by atoms with Crippen molar-refractivity contribution in [3.8, 4) is 0 Å². The highest BCUT2D eigenvalue weighted by molar-refractivity contribution is 6.30. The summed E-state index contributed by atoms with van der Waals surface area (Å²) >= 11 is 6.10. The largest absolute Gasteiger partial charge is 0.368 e. The van der Waals surface area contributed by atoms with Crippen molar-refractivity contribution in [3.63, 3.8) is 0 Å². The number of piperazine rings is 1. The van der Waals surface area contributed by atoms with E-state index in [0.29, 0.717) is 6.42 Å². The fraction of sp³-hybridized carbons (Fsp3) is 0.318. The molecule has 0 aliphatic carbocycles. The number of hydrogen-bond acceptors (Lipinski definition) is 2.